The smallest absolute Gasteiger partial charge is 0.264 e. The van der Waals surface area contributed by atoms with Gasteiger partial charge in [-0.1, -0.05) is 38.5 Å². The molecule has 0 saturated heterocycles. The summed E-state index contributed by atoms with van der Waals surface area (Å²) in [7, 11) is -4.09. The first-order valence-corrected chi connectivity index (χ1v) is 10.5. The number of hydrazone groups is 1. The summed E-state index contributed by atoms with van der Waals surface area (Å²) in [5.41, 5.74) is 4.16. The fourth-order valence-electron chi connectivity index (χ4n) is 2.24. The SMILES string of the molecule is C/C(=N/NC(=O)CN(c1ccc(C)cc1)S(=O)(=O)c1ccc(F)cc1)C(C)(C)C. The summed E-state index contributed by atoms with van der Waals surface area (Å²) in [6.07, 6.45) is 0. The minimum atomic E-state index is -4.09. The maximum absolute atomic E-state index is 13.2. The van der Waals surface area contributed by atoms with Crippen LogP contribution in [0, 0.1) is 18.2 Å². The molecule has 0 radical (unpaired) electrons. The van der Waals surface area contributed by atoms with Gasteiger partial charge in [-0.25, -0.2) is 18.2 Å². The highest BCUT2D eigenvalue weighted by molar-refractivity contribution is 7.92. The normalized spacial score (nSPS) is 12.6. The van der Waals surface area contributed by atoms with E-state index >= 15 is 0 Å². The summed E-state index contributed by atoms with van der Waals surface area (Å²) in [4.78, 5) is 12.4. The lowest BCUT2D eigenvalue weighted by molar-refractivity contribution is -0.119. The molecule has 0 spiro atoms. The first kappa shape index (κ1) is 22.5. The number of aryl methyl sites for hydroxylation is 1. The second-order valence-electron chi connectivity index (χ2n) is 7.78. The summed E-state index contributed by atoms with van der Waals surface area (Å²) in [6.45, 7) is 9.05. The zero-order valence-corrected chi connectivity index (χ0v) is 18.0. The van der Waals surface area contributed by atoms with Gasteiger partial charge in [0, 0.05) is 11.1 Å². The summed E-state index contributed by atoms with van der Waals surface area (Å²) < 4.78 is 40.5. The first-order valence-electron chi connectivity index (χ1n) is 9.10. The Morgan fingerprint density at radius 1 is 1.07 bits per heavy atom. The van der Waals surface area contributed by atoms with Crippen LogP contribution in [0.4, 0.5) is 10.1 Å². The topological polar surface area (TPSA) is 78.8 Å². The number of sulfonamides is 1. The maximum Gasteiger partial charge on any atom is 0.264 e. The molecule has 0 aromatic heterocycles. The van der Waals surface area contributed by atoms with E-state index in [1.807, 2.05) is 27.7 Å². The van der Waals surface area contributed by atoms with Gasteiger partial charge in [-0.15, -0.1) is 0 Å². The van der Waals surface area contributed by atoms with Crippen LogP contribution in [0.15, 0.2) is 58.5 Å². The fraction of sp³-hybridized carbons (Fsp3) is 0.333. The molecule has 0 aliphatic heterocycles. The number of rotatable bonds is 6. The first-order chi connectivity index (χ1) is 13.4. The van der Waals surface area contributed by atoms with Crippen molar-refractivity contribution in [2.24, 2.45) is 10.5 Å². The average molecular weight is 420 g/mol. The van der Waals surface area contributed by atoms with Gasteiger partial charge in [0.05, 0.1) is 10.6 Å². The summed E-state index contributed by atoms with van der Waals surface area (Å²) in [6, 6.07) is 11.2. The second kappa shape index (κ2) is 8.73. The van der Waals surface area contributed by atoms with Crippen molar-refractivity contribution in [1.29, 1.82) is 0 Å². The minimum absolute atomic E-state index is 0.110. The number of nitrogens with one attached hydrogen (secondary N) is 1. The van der Waals surface area contributed by atoms with Gasteiger partial charge in [0.25, 0.3) is 15.9 Å². The van der Waals surface area contributed by atoms with Gasteiger partial charge in [0.15, 0.2) is 0 Å². The zero-order valence-electron chi connectivity index (χ0n) is 17.2. The van der Waals surface area contributed by atoms with Crippen molar-refractivity contribution in [1.82, 2.24) is 5.43 Å². The van der Waals surface area contributed by atoms with Crippen LogP contribution in [0.2, 0.25) is 0 Å². The molecule has 0 fully saturated rings. The number of nitrogens with zero attached hydrogens (tertiary/aromatic N) is 2. The van der Waals surface area contributed by atoms with E-state index in [4.69, 9.17) is 0 Å². The lowest BCUT2D eigenvalue weighted by Crippen LogP contribution is -2.40. The van der Waals surface area contributed by atoms with Gasteiger partial charge in [-0.3, -0.25) is 9.10 Å². The molecule has 6 nitrogen and oxygen atoms in total. The van der Waals surface area contributed by atoms with E-state index in [0.717, 1.165) is 22.0 Å². The molecule has 2 aromatic rings. The van der Waals surface area contributed by atoms with Crippen molar-refractivity contribution >= 4 is 27.3 Å². The van der Waals surface area contributed by atoms with Crippen molar-refractivity contribution in [3.05, 3.63) is 59.9 Å². The zero-order chi connectivity index (χ0) is 21.8. The quantitative estimate of drug-likeness (QED) is 0.570. The van der Waals surface area contributed by atoms with Crippen LogP contribution in [0.1, 0.15) is 33.3 Å². The van der Waals surface area contributed by atoms with E-state index in [-0.39, 0.29) is 10.3 Å². The van der Waals surface area contributed by atoms with Crippen molar-refractivity contribution in [2.45, 2.75) is 39.5 Å². The van der Waals surface area contributed by atoms with E-state index in [9.17, 15) is 17.6 Å². The predicted octanol–water partition coefficient (Wildman–Crippen LogP) is 3.87. The molecule has 2 aromatic carbocycles. The molecule has 0 bridgehead atoms. The van der Waals surface area contributed by atoms with Crippen molar-refractivity contribution in [3.8, 4) is 0 Å². The van der Waals surface area contributed by atoms with Crippen LogP contribution in [0.5, 0.6) is 0 Å². The molecule has 0 unspecified atom stereocenters. The summed E-state index contributed by atoms with van der Waals surface area (Å²) in [5, 5.41) is 4.07. The highest BCUT2D eigenvalue weighted by atomic mass is 32.2. The molecule has 0 saturated carbocycles. The molecule has 29 heavy (non-hydrogen) atoms. The molecule has 0 aliphatic rings. The number of anilines is 1. The Balaban J connectivity index is 2.37. The monoisotopic (exact) mass is 419 g/mol. The Bertz CT molecular complexity index is 993. The lowest BCUT2D eigenvalue weighted by atomic mass is 9.91. The van der Waals surface area contributed by atoms with E-state index in [2.05, 4.69) is 10.5 Å². The molecule has 2 rings (SSSR count). The lowest BCUT2D eigenvalue weighted by Gasteiger charge is -2.24. The van der Waals surface area contributed by atoms with Crippen LogP contribution >= 0.6 is 0 Å². The van der Waals surface area contributed by atoms with E-state index in [1.54, 1.807) is 31.2 Å². The van der Waals surface area contributed by atoms with Crippen molar-refractivity contribution in [3.63, 3.8) is 0 Å². The Morgan fingerprint density at radius 2 is 1.62 bits per heavy atom. The van der Waals surface area contributed by atoms with Gasteiger partial charge in [-0.2, -0.15) is 5.10 Å². The second-order valence-corrected chi connectivity index (χ2v) is 9.65. The van der Waals surface area contributed by atoms with Crippen LogP contribution in [0.25, 0.3) is 0 Å². The Labute approximate surface area is 171 Å². The largest absolute Gasteiger partial charge is 0.271 e. The molecule has 0 atom stereocenters. The van der Waals surface area contributed by atoms with Crippen molar-refractivity contribution in [2.75, 3.05) is 10.8 Å². The summed E-state index contributed by atoms with van der Waals surface area (Å²) >= 11 is 0. The minimum Gasteiger partial charge on any atom is -0.271 e. The molecule has 0 aliphatic carbocycles. The molecule has 156 valence electrons. The Kier molecular flexibility index (Phi) is 6.79. The predicted molar refractivity (Wildman–Crippen MR) is 113 cm³/mol. The van der Waals surface area contributed by atoms with E-state index in [1.165, 1.54) is 12.1 Å². The van der Waals surface area contributed by atoms with E-state index < -0.39 is 28.3 Å². The molecule has 1 N–H and O–H groups in total. The van der Waals surface area contributed by atoms with Gasteiger partial charge >= 0.3 is 0 Å². The third-order valence-corrected chi connectivity index (χ3v) is 6.23. The van der Waals surface area contributed by atoms with Crippen LogP contribution < -0.4 is 9.73 Å². The number of carbonyl (C=O) groups excluding carboxylic acids is 1. The third-order valence-electron chi connectivity index (χ3n) is 4.44. The average Bonchev–Trinajstić information content (AvgIpc) is 2.64. The standard InChI is InChI=1S/C21H26FN3O3S/c1-15-6-10-18(11-7-15)25(14-20(26)24-23-16(2)21(3,4)5)29(27,28)19-12-8-17(22)9-13-19/h6-13H,14H2,1-5H3,(H,24,26)/b23-16-. The number of benzene rings is 2. The molecule has 1 amide bonds. The number of amides is 1. The van der Waals surface area contributed by atoms with Gasteiger partial charge in [-0.05, 0) is 50.2 Å². The fourth-order valence-corrected chi connectivity index (χ4v) is 3.66. The number of hydrogen-bond donors (Lipinski definition) is 1. The summed E-state index contributed by atoms with van der Waals surface area (Å²) in [5.74, 6) is -1.13. The number of carbonyl (C=O) groups is 1. The maximum atomic E-state index is 13.2. The molecule has 8 heteroatoms. The Morgan fingerprint density at radius 3 is 2.14 bits per heavy atom. The van der Waals surface area contributed by atoms with E-state index in [0.29, 0.717) is 11.4 Å². The van der Waals surface area contributed by atoms with Gasteiger partial charge in [0.1, 0.15) is 12.4 Å². The van der Waals surface area contributed by atoms with Crippen molar-refractivity contribution < 1.29 is 17.6 Å². The van der Waals surface area contributed by atoms with Gasteiger partial charge in [0.2, 0.25) is 0 Å². The highest BCUT2D eigenvalue weighted by Crippen LogP contribution is 2.24. The Hall–Kier alpha value is -2.74. The number of hydrogen-bond acceptors (Lipinski definition) is 4. The molecule has 0 heterocycles. The van der Waals surface area contributed by atoms with Crippen LogP contribution in [0.3, 0.4) is 0 Å². The van der Waals surface area contributed by atoms with Crippen LogP contribution in [-0.4, -0.2) is 26.6 Å². The van der Waals surface area contributed by atoms with Crippen LogP contribution in [-0.2, 0) is 14.8 Å². The number of halogens is 1. The third kappa shape index (κ3) is 5.87. The molecular formula is C21H26FN3O3S. The van der Waals surface area contributed by atoms with Gasteiger partial charge < -0.3 is 0 Å². The highest BCUT2D eigenvalue weighted by Gasteiger charge is 2.27. The molecular weight excluding hydrogens is 393 g/mol.